The van der Waals surface area contributed by atoms with E-state index in [2.05, 4.69) is 21.3 Å². The zero-order valence-electron chi connectivity index (χ0n) is 28.2. The zero-order valence-corrected chi connectivity index (χ0v) is 28.2. The molecule has 2 rings (SSSR count). The van der Waals surface area contributed by atoms with E-state index in [0.717, 1.165) is 12.0 Å². The maximum absolute atomic E-state index is 13.5. The first-order valence-corrected chi connectivity index (χ1v) is 16.4. The lowest BCUT2D eigenvalue weighted by Gasteiger charge is -2.27. The van der Waals surface area contributed by atoms with Crippen LogP contribution in [-0.2, 0) is 30.4 Å². The van der Waals surface area contributed by atoms with E-state index in [9.17, 15) is 19.2 Å². The molecular formula is C34H56N4O7. The van der Waals surface area contributed by atoms with E-state index in [1.807, 2.05) is 51.1 Å². The van der Waals surface area contributed by atoms with Gasteiger partial charge in [0.15, 0.2) is 0 Å². The molecule has 4 amide bonds. The van der Waals surface area contributed by atoms with Crippen molar-refractivity contribution in [3.63, 3.8) is 0 Å². The summed E-state index contributed by atoms with van der Waals surface area (Å²) in [6, 6.07) is 7.31. The number of carbonyl (C=O) groups excluding carboxylic acids is 4. The van der Waals surface area contributed by atoms with Crippen molar-refractivity contribution in [3.05, 3.63) is 35.9 Å². The van der Waals surface area contributed by atoms with Crippen molar-refractivity contribution in [2.24, 2.45) is 5.92 Å². The van der Waals surface area contributed by atoms with Gasteiger partial charge in [-0.3, -0.25) is 9.59 Å². The van der Waals surface area contributed by atoms with Gasteiger partial charge in [-0.25, -0.2) is 9.59 Å². The number of hydrogen-bond donors (Lipinski definition) is 4. The first-order valence-electron chi connectivity index (χ1n) is 16.4. The first-order chi connectivity index (χ1) is 21.2. The summed E-state index contributed by atoms with van der Waals surface area (Å²) in [6.45, 7) is 11.8. The van der Waals surface area contributed by atoms with Crippen molar-refractivity contribution in [2.45, 2.75) is 129 Å². The Morgan fingerprint density at radius 3 is 2.11 bits per heavy atom. The fourth-order valence-electron chi connectivity index (χ4n) is 4.94. The second kappa shape index (κ2) is 19.2. The number of unbranched alkanes of at least 4 members (excludes halogenated alkanes) is 1. The molecule has 0 bridgehead atoms. The van der Waals surface area contributed by atoms with Crippen LogP contribution in [0.5, 0.6) is 0 Å². The highest BCUT2D eigenvalue weighted by atomic mass is 16.6. The molecular weight excluding hydrogens is 576 g/mol. The molecule has 0 aromatic heterocycles. The highest BCUT2D eigenvalue weighted by molar-refractivity contribution is 5.91. The Morgan fingerprint density at radius 1 is 0.778 bits per heavy atom. The summed E-state index contributed by atoms with van der Waals surface area (Å²) in [6.07, 6.45) is 7.23. The Bertz CT molecular complexity index is 1050. The van der Waals surface area contributed by atoms with Gasteiger partial charge >= 0.3 is 12.2 Å². The Labute approximate surface area is 269 Å². The Morgan fingerprint density at radius 2 is 1.47 bits per heavy atom. The van der Waals surface area contributed by atoms with Crippen molar-refractivity contribution in [1.29, 1.82) is 0 Å². The van der Waals surface area contributed by atoms with E-state index >= 15 is 0 Å². The summed E-state index contributed by atoms with van der Waals surface area (Å²) >= 11 is 0. The zero-order chi connectivity index (χ0) is 33.3. The molecule has 1 aromatic carbocycles. The minimum Gasteiger partial charge on any atom is -0.445 e. The Balaban J connectivity index is 2.01. The van der Waals surface area contributed by atoms with Gasteiger partial charge in [0.05, 0.1) is 12.2 Å². The van der Waals surface area contributed by atoms with Crippen molar-refractivity contribution in [3.8, 4) is 0 Å². The van der Waals surface area contributed by atoms with Crippen molar-refractivity contribution in [1.82, 2.24) is 21.3 Å². The fraction of sp³-hybridized carbons (Fsp3) is 0.706. The number of hydrogen-bond acceptors (Lipinski definition) is 7. The number of nitrogens with one attached hydrogen (secondary N) is 4. The molecule has 0 spiro atoms. The third-order valence-electron chi connectivity index (χ3n) is 7.30. The van der Waals surface area contributed by atoms with Gasteiger partial charge in [-0.1, -0.05) is 62.4 Å². The van der Waals surface area contributed by atoms with E-state index in [1.54, 1.807) is 20.8 Å². The number of amides is 4. The van der Waals surface area contributed by atoms with Gasteiger partial charge in [0.1, 0.15) is 24.3 Å². The monoisotopic (exact) mass is 632 g/mol. The second-order valence-electron chi connectivity index (χ2n) is 13.8. The van der Waals surface area contributed by atoms with Crippen LogP contribution < -0.4 is 21.3 Å². The van der Waals surface area contributed by atoms with E-state index < -0.39 is 41.4 Å². The number of alkyl carbamates (subject to hydrolysis) is 2. The molecule has 0 heterocycles. The minimum atomic E-state index is -1.08. The average molecular weight is 633 g/mol. The number of carbonyl (C=O) groups is 4. The van der Waals surface area contributed by atoms with Gasteiger partial charge < -0.3 is 35.5 Å². The summed E-state index contributed by atoms with van der Waals surface area (Å²) < 4.78 is 16.4. The molecule has 1 aromatic rings. The van der Waals surface area contributed by atoms with E-state index in [4.69, 9.17) is 14.2 Å². The van der Waals surface area contributed by atoms with Crippen LogP contribution in [0.3, 0.4) is 0 Å². The number of benzene rings is 1. The molecule has 254 valence electrons. The summed E-state index contributed by atoms with van der Waals surface area (Å²) in [5, 5.41) is 11.2. The topological polar surface area (TPSA) is 144 Å². The number of rotatable bonds is 16. The van der Waals surface area contributed by atoms with Crippen molar-refractivity contribution < 1.29 is 33.4 Å². The van der Waals surface area contributed by atoms with Gasteiger partial charge in [-0.15, -0.1) is 0 Å². The molecule has 0 aliphatic heterocycles. The van der Waals surface area contributed by atoms with Gasteiger partial charge in [0, 0.05) is 13.1 Å². The lowest BCUT2D eigenvalue weighted by molar-refractivity contribution is -0.132. The predicted molar refractivity (Wildman–Crippen MR) is 173 cm³/mol. The third-order valence-corrected chi connectivity index (χ3v) is 7.30. The predicted octanol–water partition coefficient (Wildman–Crippen LogP) is 5.36. The molecule has 0 radical (unpaired) electrons. The smallest absolute Gasteiger partial charge is 0.408 e. The molecule has 45 heavy (non-hydrogen) atoms. The van der Waals surface area contributed by atoms with Crippen LogP contribution in [0, 0.1) is 5.92 Å². The lowest BCUT2D eigenvalue weighted by atomic mass is 9.87. The van der Waals surface area contributed by atoms with Crippen LogP contribution in [0.15, 0.2) is 30.3 Å². The second-order valence-corrected chi connectivity index (χ2v) is 13.8. The maximum Gasteiger partial charge on any atom is 0.408 e. The number of ether oxygens (including phenoxy) is 3. The summed E-state index contributed by atoms with van der Waals surface area (Å²) in [4.78, 5) is 51.4. The quantitative estimate of drug-likeness (QED) is 0.180. The van der Waals surface area contributed by atoms with Crippen LogP contribution in [-0.4, -0.2) is 67.0 Å². The molecule has 2 atom stereocenters. The fourth-order valence-corrected chi connectivity index (χ4v) is 4.94. The van der Waals surface area contributed by atoms with Gasteiger partial charge in [0.25, 0.3) is 0 Å². The lowest BCUT2D eigenvalue weighted by Crippen LogP contribution is -2.55. The molecule has 0 unspecified atom stereocenters. The standard InChI is InChI=1S/C34H56N4O7/c1-33(2,3)44-24-28(38-32(42)43-23-26-17-11-8-12-18-26)30(40)37-27(19-13-14-21-36-31(41)45-34(4,5)6)29(39)35-22-20-25-15-9-7-10-16-25/h8,11-12,17-18,25,27-28H,7,9-10,13-16,19-24H2,1-6H3,(H,35,39)(H,36,41)(H,37,40)(H,38,42)/t27-,28-/m0/s1. The molecule has 1 aliphatic rings. The molecule has 1 aliphatic carbocycles. The van der Waals surface area contributed by atoms with Crippen LogP contribution in [0.4, 0.5) is 9.59 Å². The molecule has 0 saturated heterocycles. The highest BCUT2D eigenvalue weighted by Crippen LogP contribution is 2.25. The van der Waals surface area contributed by atoms with Gasteiger partial charge in [-0.05, 0) is 78.7 Å². The molecule has 1 fully saturated rings. The SMILES string of the molecule is CC(C)(C)OC[C@H](NC(=O)OCc1ccccc1)C(=O)N[C@@H](CCCCNC(=O)OC(C)(C)C)C(=O)NCCC1CCCCC1. The minimum absolute atomic E-state index is 0.0461. The summed E-state index contributed by atoms with van der Waals surface area (Å²) in [5.41, 5.74) is -0.346. The van der Waals surface area contributed by atoms with E-state index in [1.165, 1.54) is 32.1 Å². The van der Waals surface area contributed by atoms with Crippen molar-refractivity contribution >= 4 is 24.0 Å². The summed E-state index contributed by atoms with van der Waals surface area (Å²) in [5.74, 6) is -0.215. The Kier molecular flexibility index (Phi) is 16.2. The van der Waals surface area contributed by atoms with Crippen LogP contribution in [0.25, 0.3) is 0 Å². The van der Waals surface area contributed by atoms with Crippen LogP contribution >= 0.6 is 0 Å². The van der Waals surface area contributed by atoms with E-state index in [0.29, 0.717) is 38.3 Å². The maximum atomic E-state index is 13.5. The first kappa shape index (κ1) is 37.8. The highest BCUT2D eigenvalue weighted by Gasteiger charge is 2.29. The van der Waals surface area contributed by atoms with Crippen LogP contribution in [0.1, 0.15) is 105 Å². The van der Waals surface area contributed by atoms with Crippen LogP contribution in [0.2, 0.25) is 0 Å². The van der Waals surface area contributed by atoms with Crippen molar-refractivity contribution in [2.75, 3.05) is 19.7 Å². The normalized spacial score (nSPS) is 15.3. The molecule has 1 saturated carbocycles. The largest absolute Gasteiger partial charge is 0.445 e. The van der Waals surface area contributed by atoms with Gasteiger partial charge in [-0.2, -0.15) is 0 Å². The average Bonchev–Trinajstić information content (AvgIpc) is 2.97. The summed E-state index contributed by atoms with van der Waals surface area (Å²) in [7, 11) is 0. The molecule has 11 nitrogen and oxygen atoms in total. The molecule has 11 heteroatoms. The Hall–Kier alpha value is -3.34. The van der Waals surface area contributed by atoms with Gasteiger partial charge in [0.2, 0.25) is 11.8 Å². The molecule has 4 N–H and O–H groups in total. The third kappa shape index (κ3) is 17.7. The van der Waals surface area contributed by atoms with E-state index in [-0.39, 0.29) is 19.1 Å².